The minimum absolute atomic E-state index is 0.102. The summed E-state index contributed by atoms with van der Waals surface area (Å²) in [6.07, 6.45) is 0. The summed E-state index contributed by atoms with van der Waals surface area (Å²) in [5, 5.41) is 6.54. The van der Waals surface area contributed by atoms with E-state index >= 15 is 0 Å². The van der Waals surface area contributed by atoms with Crippen molar-refractivity contribution in [3.8, 4) is 0 Å². The van der Waals surface area contributed by atoms with Crippen LogP contribution in [0.15, 0.2) is 35.1 Å². The highest BCUT2D eigenvalue weighted by molar-refractivity contribution is 6.04. The second-order valence-corrected chi connectivity index (χ2v) is 4.60. The Kier molecular flexibility index (Phi) is 4.36. The van der Waals surface area contributed by atoms with Gasteiger partial charge in [0.15, 0.2) is 0 Å². The molecule has 22 heavy (non-hydrogen) atoms. The van der Waals surface area contributed by atoms with E-state index in [4.69, 9.17) is 0 Å². The third-order valence-electron chi connectivity index (χ3n) is 3.18. The second kappa shape index (κ2) is 6.21. The van der Waals surface area contributed by atoms with Crippen LogP contribution in [0.3, 0.4) is 0 Å². The van der Waals surface area contributed by atoms with E-state index in [1.165, 1.54) is 26.3 Å². The van der Waals surface area contributed by atoms with Crippen LogP contribution in [-0.2, 0) is 11.8 Å². The molecule has 1 heterocycles. The molecular weight excluding hydrogens is 286 g/mol. The van der Waals surface area contributed by atoms with Gasteiger partial charge in [-0.1, -0.05) is 6.07 Å². The van der Waals surface area contributed by atoms with E-state index in [0.717, 1.165) is 4.68 Å². The standard InChI is InChI=1S/C15H15N3O4/c1-9-10(15(21)22-3)5-4-6-11(9)16-14(20)12-7-8-13(19)18(2)17-12/h4-8H,1-3H3,(H,16,20). The molecule has 0 fully saturated rings. The number of carbonyl (C=O) groups excluding carboxylic acids is 2. The Morgan fingerprint density at radius 1 is 1.23 bits per heavy atom. The number of nitrogens with one attached hydrogen (secondary N) is 1. The van der Waals surface area contributed by atoms with Crippen molar-refractivity contribution in [2.45, 2.75) is 6.92 Å². The van der Waals surface area contributed by atoms with Crippen LogP contribution in [0.4, 0.5) is 5.69 Å². The number of hydrogen-bond donors (Lipinski definition) is 1. The quantitative estimate of drug-likeness (QED) is 0.858. The predicted octanol–water partition coefficient (Wildman–Crippen LogP) is 1.13. The van der Waals surface area contributed by atoms with Crippen molar-refractivity contribution in [3.05, 3.63) is 57.5 Å². The van der Waals surface area contributed by atoms with Crippen molar-refractivity contribution in [1.29, 1.82) is 0 Å². The SMILES string of the molecule is COC(=O)c1cccc(NC(=O)c2ccc(=O)n(C)n2)c1C. The van der Waals surface area contributed by atoms with E-state index < -0.39 is 11.9 Å². The van der Waals surface area contributed by atoms with Gasteiger partial charge in [-0.3, -0.25) is 9.59 Å². The Hall–Kier alpha value is -2.96. The number of aryl methyl sites for hydroxylation is 1. The highest BCUT2D eigenvalue weighted by Crippen LogP contribution is 2.20. The lowest BCUT2D eigenvalue weighted by atomic mass is 10.1. The zero-order valence-corrected chi connectivity index (χ0v) is 12.4. The van der Waals surface area contributed by atoms with Gasteiger partial charge in [0.05, 0.1) is 12.7 Å². The zero-order chi connectivity index (χ0) is 16.3. The average molecular weight is 301 g/mol. The molecule has 1 N–H and O–H groups in total. The number of esters is 1. The second-order valence-electron chi connectivity index (χ2n) is 4.60. The zero-order valence-electron chi connectivity index (χ0n) is 12.4. The Bertz CT molecular complexity index is 796. The molecule has 0 unspecified atom stereocenters. The summed E-state index contributed by atoms with van der Waals surface area (Å²) in [6.45, 7) is 1.70. The maximum atomic E-state index is 12.2. The largest absolute Gasteiger partial charge is 0.465 e. The summed E-state index contributed by atoms with van der Waals surface area (Å²) in [5.41, 5.74) is 1.23. The number of carbonyl (C=O) groups is 2. The molecule has 0 aliphatic rings. The van der Waals surface area contributed by atoms with E-state index in [2.05, 4.69) is 15.2 Å². The summed E-state index contributed by atoms with van der Waals surface area (Å²) in [4.78, 5) is 35.1. The number of ether oxygens (including phenoxy) is 1. The molecule has 0 atom stereocenters. The van der Waals surface area contributed by atoms with Crippen molar-refractivity contribution in [1.82, 2.24) is 9.78 Å². The van der Waals surface area contributed by atoms with Gasteiger partial charge in [-0.05, 0) is 30.7 Å². The minimum Gasteiger partial charge on any atom is -0.465 e. The summed E-state index contributed by atoms with van der Waals surface area (Å²) >= 11 is 0. The van der Waals surface area contributed by atoms with Crippen molar-refractivity contribution < 1.29 is 14.3 Å². The van der Waals surface area contributed by atoms with Crippen LogP contribution >= 0.6 is 0 Å². The Labute approximate surface area is 126 Å². The fourth-order valence-corrected chi connectivity index (χ4v) is 1.91. The van der Waals surface area contributed by atoms with Gasteiger partial charge in [0, 0.05) is 18.8 Å². The third-order valence-corrected chi connectivity index (χ3v) is 3.18. The normalized spacial score (nSPS) is 10.1. The first-order valence-corrected chi connectivity index (χ1v) is 6.47. The number of hydrogen-bond acceptors (Lipinski definition) is 5. The van der Waals surface area contributed by atoms with E-state index in [-0.39, 0.29) is 11.3 Å². The van der Waals surface area contributed by atoms with Crippen molar-refractivity contribution in [2.24, 2.45) is 7.05 Å². The van der Waals surface area contributed by atoms with Crippen molar-refractivity contribution in [3.63, 3.8) is 0 Å². The smallest absolute Gasteiger partial charge is 0.338 e. The van der Waals surface area contributed by atoms with E-state index in [0.29, 0.717) is 16.8 Å². The van der Waals surface area contributed by atoms with Gasteiger partial charge in [0.2, 0.25) is 0 Å². The number of anilines is 1. The first-order valence-electron chi connectivity index (χ1n) is 6.47. The highest BCUT2D eigenvalue weighted by atomic mass is 16.5. The fourth-order valence-electron chi connectivity index (χ4n) is 1.91. The molecule has 7 heteroatoms. The van der Waals surface area contributed by atoms with Gasteiger partial charge in [-0.25, -0.2) is 9.48 Å². The Morgan fingerprint density at radius 3 is 2.59 bits per heavy atom. The monoisotopic (exact) mass is 301 g/mol. The number of nitrogens with zero attached hydrogens (tertiary/aromatic N) is 2. The molecule has 0 radical (unpaired) electrons. The number of aromatic nitrogens is 2. The summed E-state index contributed by atoms with van der Waals surface area (Å²) in [5.74, 6) is -0.949. The van der Waals surface area contributed by atoms with Crippen LogP contribution in [-0.4, -0.2) is 28.8 Å². The average Bonchev–Trinajstić information content (AvgIpc) is 2.51. The first-order chi connectivity index (χ1) is 10.4. The molecule has 1 amide bonds. The Morgan fingerprint density at radius 2 is 1.95 bits per heavy atom. The molecule has 1 aromatic heterocycles. The topological polar surface area (TPSA) is 90.3 Å². The Balaban J connectivity index is 2.30. The maximum absolute atomic E-state index is 12.2. The lowest BCUT2D eigenvalue weighted by molar-refractivity contribution is 0.0599. The minimum atomic E-state index is -0.478. The van der Waals surface area contributed by atoms with Crippen LogP contribution < -0.4 is 10.9 Å². The van der Waals surface area contributed by atoms with Crippen LogP contribution in [0, 0.1) is 6.92 Å². The van der Waals surface area contributed by atoms with Gasteiger partial charge < -0.3 is 10.1 Å². The number of benzene rings is 1. The van der Waals surface area contributed by atoms with Crippen LogP contribution in [0.1, 0.15) is 26.4 Å². The van der Waals surface area contributed by atoms with E-state index in [1.54, 1.807) is 25.1 Å². The van der Waals surface area contributed by atoms with Gasteiger partial charge in [0.1, 0.15) is 5.69 Å². The molecule has 7 nitrogen and oxygen atoms in total. The van der Waals surface area contributed by atoms with E-state index in [1.807, 2.05) is 0 Å². The molecule has 0 bridgehead atoms. The number of rotatable bonds is 3. The van der Waals surface area contributed by atoms with Gasteiger partial charge in [-0.15, -0.1) is 0 Å². The molecule has 0 saturated heterocycles. The van der Waals surface area contributed by atoms with Gasteiger partial charge in [-0.2, -0.15) is 5.10 Å². The van der Waals surface area contributed by atoms with Crippen molar-refractivity contribution in [2.75, 3.05) is 12.4 Å². The molecule has 0 aliphatic carbocycles. The molecular formula is C15H15N3O4. The summed E-state index contributed by atoms with van der Waals surface area (Å²) < 4.78 is 5.76. The maximum Gasteiger partial charge on any atom is 0.338 e. The molecule has 0 spiro atoms. The predicted molar refractivity (Wildman–Crippen MR) is 79.9 cm³/mol. The molecule has 1 aromatic carbocycles. The third kappa shape index (κ3) is 3.03. The molecule has 0 saturated carbocycles. The number of methoxy groups -OCH3 is 1. The molecule has 114 valence electrons. The van der Waals surface area contributed by atoms with Crippen LogP contribution in [0.25, 0.3) is 0 Å². The molecule has 2 rings (SSSR count). The molecule has 2 aromatic rings. The van der Waals surface area contributed by atoms with Crippen molar-refractivity contribution >= 4 is 17.6 Å². The lowest BCUT2D eigenvalue weighted by Gasteiger charge is -2.11. The summed E-state index contributed by atoms with van der Waals surface area (Å²) in [7, 11) is 2.75. The van der Waals surface area contributed by atoms with Gasteiger partial charge >= 0.3 is 5.97 Å². The fraction of sp³-hybridized carbons (Fsp3) is 0.200. The van der Waals surface area contributed by atoms with Crippen LogP contribution in [0.2, 0.25) is 0 Å². The first kappa shape index (κ1) is 15.4. The molecule has 0 aliphatic heterocycles. The summed E-state index contributed by atoms with van der Waals surface area (Å²) in [6, 6.07) is 7.53. The van der Waals surface area contributed by atoms with Crippen LogP contribution in [0.5, 0.6) is 0 Å². The van der Waals surface area contributed by atoms with E-state index in [9.17, 15) is 14.4 Å². The number of amides is 1. The highest BCUT2D eigenvalue weighted by Gasteiger charge is 2.15. The lowest BCUT2D eigenvalue weighted by Crippen LogP contribution is -2.24. The van der Waals surface area contributed by atoms with Gasteiger partial charge in [0.25, 0.3) is 11.5 Å².